The first-order chi connectivity index (χ1) is 19.9. The van der Waals surface area contributed by atoms with Gasteiger partial charge in [-0.25, -0.2) is 4.98 Å². The molecular formula is C31H35N3O7. The Balaban J connectivity index is 1.52. The molecule has 0 aliphatic carbocycles. The molecule has 0 spiro atoms. The zero-order chi connectivity index (χ0) is 28.9. The second-order valence-electron chi connectivity index (χ2n) is 10.4. The standard InChI is InChI=1S/C31H35N3O7/c1-20(2)9-14-39-23-7-5-21(17-25(23)38-3)28-27(29(35)22-6-8-24-26(18-22)41-16-15-40-24)30(36)31(37)34(28)12-4-11-33-13-10-32-19-33/h5-8,10,13,17-20,28,35H,4,9,11-12,14-16H2,1-3H3/b29-27-. The molecule has 0 saturated carbocycles. The number of hydrogen-bond acceptors (Lipinski definition) is 8. The van der Waals surface area contributed by atoms with E-state index in [9.17, 15) is 14.7 Å². The second-order valence-corrected chi connectivity index (χ2v) is 10.4. The minimum atomic E-state index is -0.829. The van der Waals surface area contributed by atoms with Crippen LogP contribution < -0.4 is 18.9 Å². The average Bonchev–Trinajstić information content (AvgIpc) is 3.59. The largest absolute Gasteiger partial charge is 0.507 e. The number of rotatable bonds is 11. The van der Waals surface area contributed by atoms with Crippen LogP contribution in [0.25, 0.3) is 5.76 Å². The number of Topliss-reactive ketones (excluding diaryl/α,β-unsaturated/α-hetero) is 1. The molecule has 3 aromatic rings. The van der Waals surface area contributed by atoms with Crippen molar-refractivity contribution in [3.63, 3.8) is 0 Å². The number of aryl methyl sites for hydroxylation is 1. The number of ketones is 1. The summed E-state index contributed by atoms with van der Waals surface area (Å²) in [5.41, 5.74) is 0.986. The fourth-order valence-corrected chi connectivity index (χ4v) is 5.02. The van der Waals surface area contributed by atoms with Gasteiger partial charge in [0.15, 0.2) is 23.0 Å². The Labute approximate surface area is 239 Å². The molecule has 1 saturated heterocycles. The van der Waals surface area contributed by atoms with Gasteiger partial charge in [0.1, 0.15) is 19.0 Å². The average molecular weight is 562 g/mol. The number of aromatic nitrogens is 2. The summed E-state index contributed by atoms with van der Waals surface area (Å²) in [6.45, 7) is 6.50. The van der Waals surface area contributed by atoms with Crippen molar-refractivity contribution < 1.29 is 33.6 Å². The first kappa shape index (κ1) is 28.1. The van der Waals surface area contributed by atoms with Crippen LogP contribution in [0.1, 0.15) is 43.9 Å². The van der Waals surface area contributed by atoms with Crippen molar-refractivity contribution in [1.29, 1.82) is 0 Å². The molecule has 0 radical (unpaired) electrons. The summed E-state index contributed by atoms with van der Waals surface area (Å²) in [5, 5.41) is 11.5. The second kappa shape index (κ2) is 12.4. The zero-order valence-corrected chi connectivity index (χ0v) is 23.5. The van der Waals surface area contributed by atoms with Crippen LogP contribution in [-0.2, 0) is 16.1 Å². The summed E-state index contributed by atoms with van der Waals surface area (Å²) in [4.78, 5) is 32.5. The molecule has 1 amide bonds. The maximum absolute atomic E-state index is 13.5. The van der Waals surface area contributed by atoms with Gasteiger partial charge in [-0.15, -0.1) is 0 Å². The lowest BCUT2D eigenvalue weighted by molar-refractivity contribution is -0.139. The first-order valence-corrected chi connectivity index (χ1v) is 13.8. The van der Waals surface area contributed by atoms with E-state index in [-0.39, 0.29) is 11.3 Å². The summed E-state index contributed by atoms with van der Waals surface area (Å²) in [5.74, 6) is 0.868. The van der Waals surface area contributed by atoms with E-state index >= 15 is 0 Å². The maximum atomic E-state index is 13.5. The van der Waals surface area contributed by atoms with Gasteiger partial charge in [-0.05, 0) is 54.7 Å². The molecule has 216 valence electrons. The number of aliphatic hydroxyl groups excluding tert-OH is 1. The molecule has 41 heavy (non-hydrogen) atoms. The zero-order valence-electron chi connectivity index (χ0n) is 23.5. The number of benzene rings is 2. The number of aliphatic hydroxyl groups is 1. The van der Waals surface area contributed by atoms with Gasteiger partial charge in [0.05, 0.1) is 31.7 Å². The molecule has 1 aromatic heterocycles. The van der Waals surface area contributed by atoms with Crippen LogP contribution in [0, 0.1) is 5.92 Å². The van der Waals surface area contributed by atoms with Crippen LogP contribution in [0.3, 0.4) is 0 Å². The number of carbonyl (C=O) groups is 2. The molecule has 0 bridgehead atoms. The van der Waals surface area contributed by atoms with Crippen molar-refractivity contribution in [3.05, 3.63) is 71.8 Å². The SMILES string of the molecule is COc1cc(C2/C(=C(/O)c3ccc4c(c3)OCCO4)C(=O)C(=O)N2CCCn2ccnc2)ccc1OCCC(C)C. The van der Waals surface area contributed by atoms with Gasteiger partial charge in [0, 0.05) is 31.0 Å². The summed E-state index contributed by atoms with van der Waals surface area (Å²) in [6.07, 6.45) is 6.71. The number of amides is 1. The molecule has 1 N–H and O–H groups in total. The van der Waals surface area contributed by atoms with E-state index in [0.717, 1.165) is 6.42 Å². The fourth-order valence-electron chi connectivity index (χ4n) is 5.02. The lowest BCUT2D eigenvalue weighted by Gasteiger charge is -2.26. The number of carbonyl (C=O) groups excluding carboxylic acids is 2. The van der Waals surface area contributed by atoms with E-state index in [2.05, 4.69) is 18.8 Å². The van der Waals surface area contributed by atoms with Gasteiger partial charge in [-0.1, -0.05) is 19.9 Å². The van der Waals surface area contributed by atoms with Gasteiger partial charge in [0.2, 0.25) is 0 Å². The molecule has 2 aliphatic heterocycles. The number of imidazole rings is 1. The van der Waals surface area contributed by atoms with Crippen LogP contribution in [0.4, 0.5) is 0 Å². The Morgan fingerprint density at radius 2 is 1.88 bits per heavy atom. The molecule has 1 atom stereocenters. The monoisotopic (exact) mass is 561 g/mol. The van der Waals surface area contributed by atoms with Crippen LogP contribution >= 0.6 is 0 Å². The Morgan fingerprint density at radius 3 is 2.61 bits per heavy atom. The number of likely N-dealkylation sites (tertiary alicyclic amines) is 1. The summed E-state index contributed by atoms with van der Waals surface area (Å²) in [6, 6.07) is 9.49. The Bertz CT molecular complexity index is 1430. The van der Waals surface area contributed by atoms with Crippen molar-refractivity contribution in [2.45, 2.75) is 39.3 Å². The molecule has 10 nitrogen and oxygen atoms in total. The predicted molar refractivity (Wildman–Crippen MR) is 151 cm³/mol. The Kier molecular flexibility index (Phi) is 8.47. The van der Waals surface area contributed by atoms with Gasteiger partial charge in [-0.3, -0.25) is 9.59 Å². The highest BCUT2D eigenvalue weighted by Crippen LogP contribution is 2.43. The minimum Gasteiger partial charge on any atom is -0.507 e. The summed E-state index contributed by atoms with van der Waals surface area (Å²) < 4.78 is 24.8. The van der Waals surface area contributed by atoms with Crippen molar-refractivity contribution in [3.8, 4) is 23.0 Å². The van der Waals surface area contributed by atoms with E-state index in [1.165, 1.54) is 4.90 Å². The Morgan fingerprint density at radius 1 is 1.07 bits per heavy atom. The number of fused-ring (bicyclic) bond motifs is 1. The minimum absolute atomic E-state index is 0.00448. The fraction of sp³-hybridized carbons (Fsp3) is 0.387. The van der Waals surface area contributed by atoms with E-state index in [4.69, 9.17) is 18.9 Å². The van der Waals surface area contributed by atoms with Crippen LogP contribution in [0.5, 0.6) is 23.0 Å². The third-order valence-corrected chi connectivity index (χ3v) is 7.19. The number of methoxy groups -OCH3 is 1. The van der Waals surface area contributed by atoms with Crippen molar-refractivity contribution in [1.82, 2.24) is 14.5 Å². The predicted octanol–water partition coefficient (Wildman–Crippen LogP) is 4.60. The molecule has 3 heterocycles. The first-order valence-electron chi connectivity index (χ1n) is 13.8. The van der Waals surface area contributed by atoms with Crippen molar-refractivity contribution in [2.75, 3.05) is 33.5 Å². The molecular weight excluding hydrogens is 526 g/mol. The van der Waals surface area contributed by atoms with Crippen LogP contribution in [0.2, 0.25) is 0 Å². The molecule has 10 heteroatoms. The van der Waals surface area contributed by atoms with E-state index in [0.29, 0.717) is 79.4 Å². The van der Waals surface area contributed by atoms with Crippen molar-refractivity contribution >= 4 is 17.4 Å². The van der Waals surface area contributed by atoms with Gasteiger partial charge in [0.25, 0.3) is 11.7 Å². The smallest absolute Gasteiger partial charge is 0.295 e. The highest BCUT2D eigenvalue weighted by molar-refractivity contribution is 6.46. The van der Waals surface area contributed by atoms with E-state index in [1.807, 2.05) is 16.8 Å². The molecule has 2 aliphatic rings. The van der Waals surface area contributed by atoms with Gasteiger partial charge >= 0.3 is 0 Å². The molecule has 1 fully saturated rings. The normalized spacial score (nSPS) is 17.8. The molecule has 1 unspecified atom stereocenters. The van der Waals surface area contributed by atoms with Gasteiger partial charge < -0.3 is 33.5 Å². The molecule has 2 aromatic carbocycles. The number of ether oxygens (including phenoxy) is 4. The molecule has 5 rings (SSSR count). The maximum Gasteiger partial charge on any atom is 0.295 e. The lowest BCUT2D eigenvalue weighted by atomic mass is 9.94. The highest BCUT2D eigenvalue weighted by Gasteiger charge is 2.46. The highest BCUT2D eigenvalue weighted by atomic mass is 16.6. The van der Waals surface area contributed by atoms with Gasteiger partial charge in [-0.2, -0.15) is 0 Å². The third-order valence-electron chi connectivity index (χ3n) is 7.19. The van der Waals surface area contributed by atoms with E-state index < -0.39 is 17.7 Å². The quantitative estimate of drug-likeness (QED) is 0.205. The van der Waals surface area contributed by atoms with Crippen molar-refractivity contribution in [2.24, 2.45) is 5.92 Å². The number of hydrogen-bond donors (Lipinski definition) is 1. The topological polar surface area (TPSA) is 112 Å². The number of nitrogens with zero attached hydrogens (tertiary/aromatic N) is 3. The van der Waals surface area contributed by atoms with E-state index in [1.54, 1.807) is 50.0 Å². The van der Waals surface area contributed by atoms with Crippen LogP contribution in [0.15, 0.2) is 60.7 Å². The lowest BCUT2D eigenvalue weighted by Crippen LogP contribution is -2.31. The third kappa shape index (κ3) is 6.01. The summed E-state index contributed by atoms with van der Waals surface area (Å²) in [7, 11) is 1.55. The Hall–Kier alpha value is -4.47. The van der Waals surface area contributed by atoms with Crippen LogP contribution in [-0.4, -0.2) is 64.7 Å². The summed E-state index contributed by atoms with van der Waals surface area (Å²) >= 11 is 0.